The summed E-state index contributed by atoms with van der Waals surface area (Å²) in [5.74, 6) is 0.446. The third-order valence-electron chi connectivity index (χ3n) is 2.63. The highest BCUT2D eigenvalue weighted by molar-refractivity contribution is 5.72. The molecule has 2 rings (SSSR count). The second kappa shape index (κ2) is 5.27. The molecule has 0 atom stereocenters. The topological polar surface area (TPSA) is 52.5 Å². The Bertz CT molecular complexity index is 547. The molecule has 3 nitrogen and oxygen atoms in total. The van der Waals surface area contributed by atoms with Gasteiger partial charge in [-0.2, -0.15) is 0 Å². The quantitative estimate of drug-likeness (QED) is 0.568. The first-order chi connectivity index (χ1) is 8.70. The summed E-state index contributed by atoms with van der Waals surface area (Å²) in [4.78, 5) is 0. The van der Waals surface area contributed by atoms with Crippen LogP contribution < -0.4 is 5.32 Å². The second-order valence-electron chi connectivity index (χ2n) is 3.95. The van der Waals surface area contributed by atoms with E-state index in [1.165, 1.54) is 0 Å². The number of hydrogen-bond donors (Lipinski definition) is 3. The van der Waals surface area contributed by atoms with Gasteiger partial charge in [0.15, 0.2) is 0 Å². The Kier molecular flexibility index (Phi) is 3.53. The molecule has 0 aliphatic heterocycles. The largest absolute Gasteiger partial charge is 0.508 e. The molecule has 92 valence electrons. The average Bonchev–Trinajstić information content (AvgIpc) is 2.39. The van der Waals surface area contributed by atoms with Crippen molar-refractivity contribution in [2.45, 2.75) is 0 Å². The number of anilines is 1. The molecule has 0 heterocycles. The minimum Gasteiger partial charge on any atom is -0.508 e. The third kappa shape index (κ3) is 2.63. The number of phenols is 2. The summed E-state index contributed by atoms with van der Waals surface area (Å²) in [6, 6.07) is 12.3. The first-order valence-corrected chi connectivity index (χ1v) is 5.68. The Hall–Kier alpha value is -2.42. The highest BCUT2D eigenvalue weighted by Gasteiger charge is 2.03. The smallest absolute Gasteiger partial charge is 0.138 e. The monoisotopic (exact) mass is 241 g/mol. The lowest BCUT2D eigenvalue weighted by Gasteiger charge is -2.09. The fourth-order valence-electron chi connectivity index (χ4n) is 1.69. The van der Waals surface area contributed by atoms with E-state index in [0.29, 0.717) is 12.2 Å². The summed E-state index contributed by atoms with van der Waals surface area (Å²) in [7, 11) is 0. The minimum atomic E-state index is 0.208. The number of benzene rings is 2. The Labute approximate surface area is 106 Å². The Morgan fingerprint density at radius 3 is 2.33 bits per heavy atom. The van der Waals surface area contributed by atoms with Crippen molar-refractivity contribution in [2.24, 2.45) is 0 Å². The predicted octanol–water partition coefficient (Wildman–Crippen LogP) is 3.36. The van der Waals surface area contributed by atoms with E-state index in [2.05, 4.69) is 11.9 Å². The molecule has 0 unspecified atom stereocenters. The van der Waals surface area contributed by atoms with Crippen molar-refractivity contribution in [3.8, 4) is 22.6 Å². The molecular formula is C15H15NO2. The Balaban J connectivity index is 2.33. The van der Waals surface area contributed by atoms with Gasteiger partial charge >= 0.3 is 0 Å². The Morgan fingerprint density at radius 2 is 1.67 bits per heavy atom. The molecule has 0 bridgehead atoms. The summed E-state index contributed by atoms with van der Waals surface area (Å²) < 4.78 is 0. The summed E-state index contributed by atoms with van der Waals surface area (Å²) in [5.41, 5.74) is 2.62. The van der Waals surface area contributed by atoms with Gasteiger partial charge in [-0.25, -0.2) is 0 Å². The van der Waals surface area contributed by atoms with Crippen molar-refractivity contribution in [1.29, 1.82) is 0 Å². The van der Waals surface area contributed by atoms with Gasteiger partial charge in [-0.05, 0) is 35.4 Å². The first-order valence-electron chi connectivity index (χ1n) is 5.68. The molecular weight excluding hydrogens is 226 g/mol. The van der Waals surface area contributed by atoms with Gasteiger partial charge in [0.1, 0.15) is 11.5 Å². The Morgan fingerprint density at radius 1 is 1.00 bits per heavy atom. The molecule has 2 aromatic rings. The fraction of sp³-hybridized carbons (Fsp3) is 0.0667. The highest BCUT2D eigenvalue weighted by atomic mass is 16.3. The van der Waals surface area contributed by atoms with Gasteiger partial charge in [0.05, 0.1) is 5.69 Å². The molecule has 3 N–H and O–H groups in total. The maximum absolute atomic E-state index is 9.72. The number of aromatic hydroxyl groups is 2. The molecule has 0 spiro atoms. The fourth-order valence-corrected chi connectivity index (χ4v) is 1.69. The van der Waals surface area contributed by atoms with Crippen LogP contribution in [0.15, 0.2) is 55.1 Å². The standard InChI is InChI=1S/C15H15NO2/c1-2-9-16-14-10-12(5-8-15(14)18)11-3-6-13(17)7-4-11/h2-8,10,16-18H,1,9H2. The van der Waals surface area contributed by atoms with Crippen molar-refractivity contribution in [3.05, 3.63) is 55.1 Å². The van der Waals surface area contributed by atoms with Gasteiger partial charge in [0.25, 0.3) is 0 Å². The van der Waals surface area contributed by atoms with Crippen LogP contribution in [-0.4, -0.2) is 16.8 Å². The lowest BCUT2D eigenvalue weighted by molar-refractivity contribution is 0.475. The predicted molar refractivity (Wildman–Crippen MR) is 73.9 cm³/mol. The summed E-state index contributed by atoms with van der Waals surface area (Å²) >= 11 is 0. The number of phenolic OH excluding ortho intramolecular Hbond substituents is 2. The van der Waals surface area contributed by atoms with Crippen molar-refractivity contribution in [1.82, 2.24) is 0 Å². The van der Waals surface area contributed by atoms with E-state index in [4.69, 9.17) is 0 Å². The van der Waals surface area contributed by atoms with Crippen LogP contribution in [0.1, 0.15) is 0 Å². The summed E-state index contributed by atoms with van der Waals surface area (Å²) in [6.45, 7) is 4.21. The highest BCUT2D eigenvalue weighted by Crippen LogP contribution is 2.30. The lowest BCUT2D eigenvalue weighted by atomic mass is 10.0. The molecule has 18 heavy (non-hydrogen) atoms. The molecule has 0 saturated heterocycles. The number of hydrogen-bond acceptors (Lipinski definition) is 3. The van der Waals surface area contributed by atoms with Crippen molar-refractivity contribution < 1.29 is 10.2 Å². The maximum Gasteiger partial charge on any atom is 0.138 e. The molecule has 0 saturated carbocycles. The van der Waals surface area contributed by atoms with E-state index < -0.39 is 0 Å². The first kappa shape index (κ1) is 12.0. The zero-order valence-electron chi connectivity index (χ0n) is 9.93. The van der Waals surface area contributed by atoms with Crippen LogP contribution in [-0.2, 0) is 0 Å². The summed E-state index contributed by atoms with van der Waals surface area (Å²) in [6.07, 6.45) is 1.73. The van der Waals surface area contributed by atoms with E-state index in [1.807, 2.05) is 24.3 Å². The van der Waals surface area contributed by atoms with E-state index in [0.717, 1.165) is 11.1 Å². The molecule has 0 aliphatic rings. The van der Waals surface area contributed by atoms with Crippen molar-refractivity contribution in [3.63, 3.8) is 0 Å². The molecule has 0 amide bonds. The van der Waals surface area contributed by atoms with Gasteiger partial charge < -0.3 is 15.5 Å². The number of nitrogens with one attached hydrogen (secondary N) is 1. The maximum atomic E-state index is 9.72. The molecule has 0 aromatic heterocycles. The van der Waals surface area contributed by atoms with Crippen LogP contribution in [0.2, 0.25) is 0 Å². The molecule has 2 aromatic carbocycles. The van der Waals surface area contributed by atoms with Crippen LogP contribution in [0.4, 0.5) is 5.69 Å². The van der Waals surface area contributed by atoms with Crippen LogP contribution in [0, 0.1) is 0 Å². The van der Waals surface area contributed by atoms with Crippen LogP contribution >= 0.6 is 0 Å². The van der Waals surface area contributed by atoms with Crippen molar-refractivity contribution >= 4 is 5.69 Å². The van der Waals surface area contributed by atoms with Gasteiger partial charge in [0, 0.05) is 6.54 Å². The van der Waals surface area contributed by atoms with Gasteiger partial charge in [-0.15, -0.1) is 6.58 Å². The van der Waals surface area contributed by atoms with Gasteiger partial charge in [-0.1, -0.05) is 24.3 Å². The average molecular weight is 241 g/mol. The molecule has 0 aliphatic carbocycles. The third-order valence-corrected chi connectivity index (χ3v) is 2.63. The van der Waals surface area contributed by atoms with E-state index in [1.54, 1.807) is 24.3 Å². The summed E-state index contributed by atoms with van der Waals surface area (Å²) in [5, 5.41) is 22.0. The zero-order valence-corrected chi connectivity index (χ0v) is 9.93. The van der Waals surface area contributed by atoms with Crippen LogP contribution in [0.3, 0.4) is 0 Å². The number of rotatable bonds is 4. The molecule has 3 heteroatoms. The van der Waals surface area contributed by atoms with Crippen LogP contribution in [0.25, 0.3) is 11.1 Å². The SMILES string of the molecule is C=CCNc1cc(-c2ccc(O)cc2)ccc1O. The lowest BCUT2D eigenvalue weighted by Crippen LogP contribution is -1.98. The van der Waals surface area contributed by atoms with Crippen molar-refractivity contribution in [2.75, 3.05) is 11.9 Å². The second-order valence-corrected chi connectivity index (χ2v) is 3.95. The molecule has 0 fully saturated rings. The zero-order chi connectivity index (χ0) is 13.0. The normalized spacial score (nSPS) is 10.0. The van der Waals surface area contributed by atoms with E-state index in [9.17, 15) is 10.2 Å². The van der Waals surface area contributed by atoms with E-state index >= 15 is 0 Å². The van der Waals surface area contributed by atoms with Gasteiger partial charge in [-0.3, -0.25) is 0 Å². The minimum absolute atomic E-state index is 0.208. The molecule has 0 radical (unpaired) electrons. The van der Waals surface area contributed by atoms with E-state index in [-0.39, 0.29) is 11.5 Å². The van der Waals surface area contributed by atoms with Gasteiger partial charge in [0.2, 0.25) is 0 Å². The van der Waals surface area contributed by atoms with Crippen LogP contribution in [0.5, 0.6) is 11.5 Å².